The Hall–Kier alpha value is -4.22. The summed E-state index contributed by atoms with van der Waals surface area (Å²) in [5.74, 6) is -0.636. The molecule has 35 heavy (non-hydrogen) atoms. The van der Waals surface area contributed by atoms with E-state index in [-0.39, 0.29) is 11.7 Å². The van der Waals surface area contributed by atoms with Crippen LogP contribution in [0, 0.1) is 5.82 Å². The minimum atomic E-state index is -0.382. The lowest BCUT2D eigenvalue weighted by atomic mass is 10.00. The molecule has 4 aromatic rings. The van der Waals surface area contributed by atoms with E-state index < -0.39 is 0 Å². The summed E-state index contributed by atoms with van der Waals surface area (Å²) in [6, 6.07) is 32.7. The van der Waals surface area contributed by atoms with Gasteiger partial charge in [0.1, 0.15) is 5.82 Å². The maximum atomic E-state index is 13.8. The maximum absolute atomic E-state index is 13.8. The van der Waals surface area contributed by atoms with Crippen molar-refractivity contribution in [3.8, 4) is 0 Å². The molecular formula is C30H26FN3O. The molecule has 4 nitrogen and oxygen atoms in total. The van der Waals surface area contributed by atoms with E-state index in [9.17, 15) is 9.18 Å². The highest BCUT2D eigenvalue weighted by Gasteiger charge is 2.28. The first kappa shape index (κ1) is 22.6. The van der Waals surface area contributed by atoms with Crippen molar-refractivity contribution >= 4 is 28.6 Å². The van der Waals surface area contributed by atoms with Gasteiger partial charge in [-0.2, -0.15) is 0 Å². The molecule has 4 aromatic carbocycles. The second kappa shape index (κ2) is 9.95. The smallest absolute Gasteiger partial charge is 0.258 e. The molecule has 0 unspecified atom stereocenters. The molecule has 0 atom stereocenters. The average Bonchev–Trinajstić information content (AvgIpc) is 3.19. The molecule has 1 aliphatic rings. The van der Waals surface area contributed by atoms with Crippen LogP contribution in [0.4, 0.5) is 15.8 Å². The van der Waals surface area contributed by atoms with E-state index in [4.69, 9.17) is 0 Å². The summed E-state index contributed by atoms with van der Waals surface area (Å²) >= 11 is 0. The van der Waals surface area contributed by atoms with Crippen LogP contribution in [-0.4, -0.2) is 17.9 Å². The largest absolute Gasteiger partial charge is 0.354 e. The first-order valence-electron chi connectivity index (χ1n) is 11.6. The molecule has 0 bridgehead atoms. The highest BCUT2D eigenvalue weighted by molar-refractivity contribution is 6.37. The van der Waals surface area contributed by atoms with Gasteiger partial charge in [-0.3, -0.25) is 9.69 Å². The fraction of sp³-hybridized carbons (Fsp3) is 0.100. The molecule has 1 aliphatic heterocycles. The van der Waals surface area contributed by atoms with Gasteiger partial charge in [0.2, 0.25) is 0 Å². The van der Waals surface area contributed by atoms with Crippen molar-refractivity contribution < 1.29 is 9.18 Å². The molecule has 0 aromatic heterocycles. The number of anilines is 2. The number of hydrogen-bond donors (Lipinski definition) is 2. The number of nitrogens with one attached hydrogen (secondary N) is 2. The van der Waals surface area contributed by atoms with Crippen LogP contribution >= 0.6 is 0 Å². The summed E-state index contributed by atoms with van der Waals surface area (Å²) in [5.41, 5.74) is 6.57. The Balaban J connectivity index is 1.40. The number of rotatable bonds is 7. The third-order valence-corrected chi connectivity index (χ3v) is 6.01. The van der Waals surface area contributed by atoms with Crippen LogP contribution in [0.1, 0.15) is 22.3 Å². The summed E-state index contributed by atoms with van der Waals surface area (Å²) in [6.07, 6.45) is 0. The van der Waals surface area contributed by atoms with Gasteiger partial charge in [0.05, 0.1) is 17.0 Å². The van der Waals surface area contributed by atoms with Crippen molar-refractivity contribution in [2.24, 2.45) is 0 Å². The van der Waals surface area contributed by atoms with Gasteiger partial charge in [0.25, 0.3) is 5.91 Å². The summed E-state index contributed by atoms with van der Waals surface area (Å²) in [4.78, 5) is 15.2. The molecule has 5 heteroatoms. The molecule has 0 spiro atoms. The normalized spacial score (nSPS) is 14.0. The number of benzene rings is 4. The van der Waals surface area contributed by atoms with Crippen molar-refractivity contribution in [2.75, 3.05) is 17.7 Å². The zero-order valence-corrected chi connectivity index (χ0v) is 19.5. The van der Waals surface area contributed by atoms with Crippen LogP contribution in [0.25, 0.3) is 11.3 Å². The Bertz CT molecular complexity index is 1370. The fourth-order valence-corrected chi connectivity index (χ4v) is 4.38. The molecule has 174 valence electrons. The Labute approximate surface area is 204 Å². The second-order valence-corrected chi connectivity index (χ2v) is 8.74. The summed E-state index contributed by atoms with van der Waals surface area (Å²) in [5, 5.41) is 6.25. The van der Waals surface area contributed by atoms with Gasteiger partial charge in [0, 0.05) is 24.3 Å². The molecule has 0 fully saturated rings. The third kappa shape index (κ3) is 5.15. The Morgan fingerprint density at radius 2 is 1.46 bits per heavy atom. The fourth-order valence-electron chi connectivity index (χ4n) is 4.38. The molecule has 2 N–H and O–H groups in total. The van der Waals surface area contributed by atoms with E-state index >= 15 is 0 Å². The molecule has 5 rings (SSSR count). The van der Waals surface area contributed by atoms with Gasteiger partial charge >= 0.3 is 0 Å². The van der Waals surface area contributed by atoms with Gasteiger partial charge in [-0.25, -0.2) is 4.39 Å². The quantitative estimate of drug-likeness (QED) is 0.312. The molecule has 0 radical (unpaired) electrons. The summed E-state index contributed by atoms with van der Waals surface area (Å²) in [6.45, 7) is 1.70. The molecule has 1 amide bonds. The first-order chi connectivity index (χ1) is 17.1. The van der Waals surface area contributed by atoms with Crippen LogP contribution < -0.4 is 10.6 Å². The summed E-state index contributed by atoms with van der Waals surface area (Å²) in [7, 11) is 2.11. The van der Waals surface area contributed by atoms with Crippen LogP contribution in [-0.2, 0) is 17.9 Å². The highest BCUT2D eigenvalue weighted by Crippen LogP contribution is 2.37. The Morgan fingerprint density at radius 3 is 2.14 bits per heavy atom. The SMILES string of the molecule is CN(Cc1ccccc1)Cc1ccc(NC(=C2C(=O)Nc3cc(F)ccc32)c2ccccc2)cc1. The van der Waals surface area contributed by atoms with E-state index in [1.165, 1.54) is 23.3 Å². The van der Waals surface area contributed by atoms with Crippen molar-refractivity contribution in [3.63, 3.8) is 0 Å². The predicted molar refractivity (Wildman–Crippen MR) is 140 cm³/mol. The molecule has 0 saturated heterocycles. The maximum Gasteiger partial charge on any atom is 0.258 e. The van der Waals surface area contributed by atoms with Gasteiger partial charge < -0.3 is 10.6 Å². The average molecular weight is 464 g/mol. The van der Waals surface area contributed by atoms with Gasteiger partial charge in [-0.1, -0.05) is 72.8 Å². The number of amides is 1. The lowest BCUT2D eigenvalue weighted by Crippen LogP contribution is -2.17. The van der Waals surface area contributed by atoms with Crippen LogP contribution in [0.3, 0.4) is 0 Å². The number of halogens is 1. The molecular weight excluding hydrogens is 437 g/mol. The monoisotopic (exact) mass is 463 g/mol. The Morgan fingerprint density at radius 1 is 0.829 bits per heavy atom. The third-order valence-electron chi connectivity index (χ3n) is 6.01. The van der Waals surface area contributed by atoms with Crippen LogP contribution in [0.2, 0.25) is 0 Å². The lowest BCUT2D eigenvalue weighted by Gasteiger charge is -2.18. The van der Waals surface area contributed by atoms with Crippen molar-refractivity contribution in [1.29, 1.82) is 0 Å². The number of hydrogen-bond acceptors (Lipinski definition) is 3. The van der Waals surface area contributed by atoms with Crippen LogP contribution in [0.5, 0.6) is 0 Å². The first-order valence-corrected chi connectivity index (χ1v) is 11.6. The molecule has 0 saturated carbocycles. The van der Waals surface area contributed by atoms with E-state index in [1.54, 1.807) is 6.07 Å². The van der Waals surface area contributed by atoms with E-state index in [0.717, 1.165) is 24.3 Å². The highest BCUT2D eigenvalue weighted by atomic mass is 19.1. The van der Waals surface area contributed by atoms with Gasteiger partial charge in [0.15, 0.2) is 0 Å². The van der Waals surface area contributed by atoms with Gasteiger partial charge in [-0.05, 0) is 54.1 Å². The van der Waals surface area contributed by atoms with Crippen molar-refractivity contribution in [3.05, 3.63) is 131 Å². The minimum Gasteiger partial charge on any atom is -0.354 e. The number of carbonyl (C=O) groups excluding carboxylic acids is 1. The summed E-state index contributed by atoms with van der Waals surface area (Å²) < 4.78 is 13.8. The number of nitrogens with zero attached hydrogens (tertiary/aromatic N) is 1. The predicted octanol–water partition coefficient (Wildman–Crippen LogP) is 6.39. The van der Waals surface area contributed by atoms with Crippen molar-refractivity contribution in [2.45, 2.75) is 13.1 Å². The number of carbonyl (C=O) groups is 1. The van der Waals surface area contributed by atoms with Gasteiger partial charge in [-0.15, -0.1) is 0 Å². The lowest BCUT2D eigenvalue weighted by molar-refractivity contribution is -0.110. The molecule has 0 aliphatic carbocycles. The standard InChI is InChI=1S/C30H26FN3O/c1-34(19-21-8-4-2-5-9-21)20-22-12-15-25(16-13-22)32-29(23-10-6-3-7-11-23)28-26-17-14-24(31)18-27(26)33-30(28)35/h2-18,32H,19-20H2,1H3,(H,33,35). The number of fused-ring (bicyclic) bond motifs is 1. The minimum absolute atomic E-state index is 0.254. The molecule has 1 heterocycles. The Kier molecular flexibility index (Phi) is 6.42. The van der Waals surface area contributed by atoms with E-state index in [2.05, 4.69) is 59.0 Å². The van der Waals surface area contributed by atoms with Crippen LogP contribution in [0.15, 0.2) is 103 Å². The topological polar surface area (TPSA) is 44.4 Å². The van der Waals surface area contributed by atoms with E-state index in [0.29, 0.717) is 22.5 Å². The van der Waals surface area contributed by atoms with Crippen molar-refractivity contribution in [1.82, 2.24) is 4.90 Å². The zero-order valence-electron chi connectivity index (χ0n) is 19.5. The second-order valence-electron chi connectivity index (χ2n) is 8.74. The zero-order chi connectivity index (χ0) is 24.2. The van der Waals surface area contributed by atoms with E-state index in [1.807, 2.05) is 48.5 Å².